The molecule has 1 aliphatic heterocycles. The van der Waals surface area contributed by atoms with Gasteiger partial charge in [0, 0.05) is 0 Å². The van der Waals surface area contributed by atoms with Gasteiger partial charge in [-0.3, -0.25) is 9.59 Å². The van der Waals surface area contributed by atoms with Crippen LogP contribution in [0.15, 0.2) is 0 Å². The van der Waals surface area contributed by atoms with E-state index in [1.807, 2.05) is 0 Å². The summed E-state index contributed by atoms with van der Waals surface area (Å²) < 4.78 is 0. The Morgan fingerprint density at radius 2 is 2.00 bits per heavy atom. The molecule has 0 aromatic carbocycles. The Balaban J connectivity index is 2.37. The SMILES string of the molecule is O=C1CNC(=O)C12CC2. The predicted octanol–water partition coefficient (Wildman–Crippen LogP) is -0.534. The highest BCUT2D eigenvalue weighted by atomic mass is 16.2. The van der Waals surface area contributed by atoms with Gasteiger partial charge in [0.15, 0.2) is 5.78 Å². The molecule has 48 valence electrons. The molecule has 2 fully saturated rings. The standard InChI is InChI=1S/C6H7NO2/c8-4-3-7-5(9)6(4)1-2-6/h1-3H2,(H,7,9). The van der Waals surface area contributed by atoms with Crippen molar-refractivity contribution in [1.29, 1.82) is 0 Å². The smallest absolute Gasteiger partial charge is 0.234 e. The number of Topliss-reactive ketones (excluding diaryl/α,β-unsaturated/α-hetero) is 1. The van der Waals surface area contributed by atoms with Gasteiger partial charge >= 0.3 is 0 Å². The fourth-order valence-corrected chi connectivity index (χ4v) is 1.26. The van der Waals surface area contributed by atoms with Crippen molar-refractivity contribution in [1.82, 2.24) is 5.32 Å². The molecule has 3 heteroatoms. The van der Waals surface area contributed by atoms with Gasteiger partial charge in [-0.05, 0) is 12.8 Å². The summed E-state index contributed by atoms with van der Waals surface area (Å²) in [5.74, 6) is 0.0417. The summed E-state index contributed by atoms with van der Waals surface area (Å²) in [5.41, 5.74) is -0.528. The van der Waals surface area contributed by atoms with Crippen LogP contribution in [0.1, 0.15) is 12.8 Å². The Morgan fingerprint density at radius 3 is 2.22 bits per heavy atom. The largest absolute Gasteiger partial charge is 0.348 e. The minimum absolute atomic E-state index is 0.0486. The van der Waals surface area contributed by atoms with Crippen LogP contribution in [0.4, 0.5) is 0 Å². The van der Waals surface area contributed by atoms with Gasteiger partial charge in [0.1, 0.15) is 5.41 Å². The van der Waals surface area contributed by atoms with Crippen molar-refractivity contribution < 1.29 is 9.59 Å². The van der Waals surface area contributed by atoms with E-state index in [4.69, 9.17) is 0 Å². The van der Waals surface area contributed by atoms with Gasteiger partial charge in [0.2, 0.25) is 5.91 Å². The van der Waals surface area contributed by atoms with Gasteiger partial charge in [-0.15, -0.1) is 0 Å². The van der Waals surface area contributed by atoms with Crippen LogP contribution in [-0.2, 0) is 9.59 Å². The number of rotatable bonds is 0. The van der Waals surface area contributed by atoms with E-state index >= 15 is 0 Å². The van der Waals surface area contributed by atoms with Crippen molar-refractivity contribution in [2.75, 3.05) is 6.54 Å². The second-order valence-corrected chi connectivity index (χ2v) is 2.69. The van der Waals surface area contributed by atoms with E-state index in [0.29, 0.717) is 0 Å². The average molecular weight is 125 g/mol. The number of ketones is 1. The molecule has 1 aliphatic carbocycles. The molecule has 2 aliphatic rings. The summed E-state index contributed by atoms with van der Waals surface area (Å²) in [5, 5.41) is 2.53. The summed E-state index contributed by atoms with van der Waals surface area (Å²) in [6.45, 7) is 0.263. The molecule has 1 N–H and O–H groups in total. The third kappa shape index (κ3) is 0.422. The first-order valence-electron chi connectivity index (χ1n) is 3.07. The van der Waals surface area contributed by atoms with Crippen LogP contribution in [0.5, 0.6) is 0 Å². The van der Waals surface area contributed by atoms with Gasteiger partial charge in [-0.2, -0.15) is 0 Å². The first-order valence-corrected chi connectivity index (χ1v) is 3.07. The zero-order valence-electron chi connectivity index (χ0n) is 4.94. The van der Waals surface area contributed by atoms with Gasteiger partial charge in [0.05, 0.1) is 6.54 Å². The summed E-state index contributed by atoms with van der Waals surface area (Å²) >= 11 is 0. The molecule has 1 heterocycles. The molecule has 0 bridgehead atoms. The second kappa shape index (κ2) is 1.17. The van der Waals surface area contributed by atoms with Crippen molar-refractivity contribution >= 4 is 11.7 Å². The normalized spacial score (nSPS) is 28.9. The molecule has 0 unspecified atom stereocenters. The first kappa shape index (κ1) is 4.97. The first-order chi connectivity index (χ1) is 4.26. The van der Waals surface area contributed by atoms with Crippen molar-refractivity contribution in [2.24, 2.45) is 5.41 Å². The predicted molar refractivity (Wildman–Crippen MR) is 29.7 cm³/mol. The summed E-state index contributed by atoms with van der Waals surface area (Å²) in [6.07, 6.45) is 1.55. The van der Waals surface area contributed by atoms with Crippen LogP contribution in [0.3, 0.4) is 0 Å². The van der Waals surface area contributed by atoms with Crippen molar-refractivity contribution in [2.45, 2.75) is 12.8 Å². The lowest BCUT2D eigenvalue weighted by atomic mass is 10.1. The lowest BCUT2D eigenvalue weighted by Crippen LogP contribution is -2.20. The van der Waals surface area contributed by atoms with Crippen molar-refractivity contribution in [3.05, 3.63) is 0 Å². The fourth-order valence-electron chi connectivity index (χ4n) is 1.26. The van der Waals surface area contributed by atoms with Gasteiger partial charge in [-0.1, -0.05) is 0 Å². The molecular formula is C6H7NO2. The van der Waals surface area contributed by atoms with Crippen LogP contribution in [-0.4, -0.2) is 18.2 Å². The van der Waals surface area contributed by atoms with Crippen LogP contribution >= 0.6 is 0 Å². The number of hydrogen-bond donors (Lipinski definition) is 1. The van der Waals surface area contributed by atoms with E-state index in [0.717, 1.165) is 12.8 Å². The van der Waals surface area contributed by atoms with E-state index < -0.39 is 5.41 Å². The molecule has 1 spiro atoms. The van der Waals surface area contributed by atoms with E-state index in [9.17, 15) is 9.59 Å². The molecule has 9 heavy (non-hydrogen) atoms. The monoisotopic (exact) mass is 125 g/mol. The fraction of sp³-hybridized carbons (Fsp3) is 0.667. The minimum Gasteiger partial charge on any atom is -0.348 e. The molecule has 0 aromatic rings. The quantitative estimate of drug-likeness (QED) is 0.442. The van der Waals surface area contributed by atoms with E-state index in [-0.39, 0.29) is 18.2 Å². The summed E-state index contributed by atoms with van der Waals surface area (Å²) in [4.78, 5) is 21.7. The molecular weight excluding hydrogens is 118 g/mol. The zero-order chi connectivity index (χ0) is 6.48. The maximum Gasteiger partial charge on any atom is 0.234 e. The van der Waals surface area contributed by atoms with Crippen LogP contribution in [0, 0.1) is 5.41 Å². The summed E-state index contributed by atoms with van der Waals surface area (Å²) in [6, 6.07) is 0. The molecule has 2 rings (SSSR count). The van der Waals surface area contributed by atoms with Crippen LogP contribution in [0.25, 0.3) is 0 Å². The molecule has 0 atom stereocenters. The zero-order valence-corrected chi connectivity index (χ0v) is 4.94. The van der Waals surface area contributed by atoms with E-state index in [1.54, 1.807) is 0 Å². The lowest BCUT2D eigenvalue weighted by Gasteiger charge is -1.94. The maximum atomic E-state index is 10.9. The van der Waals surface area contributed by atoms with Gasteiger partial charge in [-0.25, -0.2) is 0 Å². The number of nitrogens with one attached hydrogen (secondary N) is 1. The third-order valence-electron chi connectivity index (χ3n) is 2.13. The lowest BCUT2D eigenvalue weighted by molar-refractivity contribution is -0.129. The molecule has 0 radical (unpaired) electrons. The number of amides is 1. The van der Waals surface area contributed by atoms with Crippen molar-refractivity contribution in [3.63, 3.8) is 0 Å². The molecule has 1 saturated carbocycles. The topological polar surface area (TPSA) is 46.2 Å². The Morgan fingerprint density at radius 1 is 1.33 bits per heavy atom. The number of carbonyl (C=O) groups excluding carboxylic acids is 2. The van der Waals surface area contributed by atoms with Crippen LogP contribution in [0.2, 0.25) is 0 Å². The third-order valence-corrected chi connectivity index (χ3v) is 2.13. The van der Waals surface area contributed by atoms with Crippen molar-refractivity contribution in [3.8, 4) is 0 Å². The Labute approximate surface area is 52.4 Å². The highest BCUT2D eigenvalue weighted by molar-refractivity contribution is 6.15. The summed E-state index contributed by atoms with van der Waals surface area (Å²) in [7, 11) is 0. The van der Waals surface area contributed by atoms with Gasteiger partial charge < -0.3 is 5.32 Å². The highest BCUT2D eigenvalue weighted by Gasteiger charge is 2.59. The maximum absolute atomic E-state index is 10.9. The Bertz CT molecular complexity index is 175. The minimum atomic E-state index is -0.528. The average Bonchev–Trinajstić information content (AvgIpc) is 2.56. The molecule has 1 amide bonds. The molecule has 1 saturated heterocycles. The van der Waals surface area contributed by atoms with Gasteiger partial charge in [0.25, 0.3) is 0 Å². The Hall–Kier alpha value is -0.860. The number of carbonyl (C=O) groups is 2. The second-order valence-electron chi connectivity index (χ2n) is 2.69. The van der Waals surface area contributed by atoms with E-state index in [1.165, 1.54) is 0 Å². The van der Waals surface area contributed by atoms with Crippen LogP contribution < -0.4 is 5.32 Å². The molecule has 0 aromatic heterocycles. The molecule has 3 nitrogen and oxygen atoms in total. The Kier molecular flexibility index (Phi) is 0.648. The number of hydrogen-bond acceptors (Lipinski definition) is 2. The highest BCUT2D eigenvalue weighted by Crippen LogP contribution is 2.48. The van der Waals surface area contributed by atoms with E-state index in [2.05, 4.69) is 5.32 Å².